The third-order valence-electron chi connectivity index (χ3n) is 2.51. The van der Waals surface area contributed by atoms with Crippen LogP contribution in [0.2, 0.25) is 0 Å². The van der Waals surface area contributed by atoms with Crippen molar-refractivity contribution in [3.8, 4) is 11.6 Å². The van der Waals surface area contributed by atoms with E-state index >= 15 is 0 Å². The number of aromatic carboxylic acids is 1. The Kier molecular flexibility index (Phi) is 2.38. The second kappa shape index (κ2) is 3.62. The SMILES string of the molecule is CCn1nc(C)c2nc(O)c(C(=O)O)c(O)c21. The van der Waals surface area contributed by atoms with E-state index in [9.17, 15) is 15.0 Å². The van der Waals surface area contributed by atoms with E-state index in [0.717, 1.165) is 0 Å². The highest BCUT2D eigenvalue weighted by molar-refractivity contribution is 6.00. The monoisotopic (exact) mass is 237 g/mol. The fourth-order valence-corrected chi connectivity index (χ4v) is 1.75. The molecule has 3 N–H and O–H groups in total. The third-order valence-corrected chi connectivity index (χ3v) is 2.51. The Morgan fingerprint density at radius 2 is 2.06 bits per heavy atom. The van der Waals surface area contributed by atoms with Gasteiger partial charge in [-0.1, -0.05) is 0 Å². The van der Waals surface area contributed by atoms with Crippen molar-refractivity contribution in [1.29, 1.82) is 0 Å². The van der Waals surface area contributed by atoms with Gasteiger partial charge in [-0.05, 0) is 13.8 Å². The van der Waals surface area contributed by atoms with Crippen LogP contribution in [0.5, 0.6) is 11.6 Å². The molecule has 0 atom stereocenters. The standard InChI is InChI=1S/C10H11N3O4/c1-3-13-7-6(4(2)12-13)11-9(15)5(8(7)14)10(16)17/h3H2,1-2H3,(H,16,17)(H2,11,14,15). The van der Waals surface area contributed by atoms with Gasteiger partial charge in [-0.25, -0.2) is 9.78 Å². The molecule has 17 heavy (non-hydrogen) atoms. The number of carboxylic acids is 1. The van der Waals surface area contributed by atoms with Crippen molar-refractivity contribution in [3.05, 3.63) is 11.3 Å². The van der Waals surface area contributed by atoms with E-state index in [0.29, 0.717) is 17.8 Å². The Hall–Kier alpha value is -2.31. The van der Waals surface area contributed by atoms with Crippen LogP contribution in [0.15, 0.2) is 0 Å². The molecule has 0 bridgehead atoms. The molecule has 2 aromatic heterocycles. The molecule has 0 radical (unpaired) electrons. The van der Waals surface area contributed by atoms with E-state index in [1.807, 2.05) is 0 Å². The van der Waals surface area contributed by atoms with Crippen molar-refractivity contribution >= 4 is 17.0 Å². The fraction of sp³-hybridized carbons (Fsp3) is 0.300. The predicted molar refractivity (Wildman–Crippen MR) is 58.2 cm³/mol. The van der Waals surface area contributed by atoms with Crippen LogP contribution in [0.4, 0.5) is 0 Å². The summed E-state index contributed by atoms with van der Waals surface area (Å²) in [6.45, 7) is 3.93. The minimum atomic E-state index is -1.43. The number of rotatable bonds is 2. The summed E-state index contributed by atoms with van der Waals surface area (Å²) >= 11 is 0. The highest BCUT2D eigenvalue weighted by Crippen LogP contribution is 2.34. The minimum absolute atomic E-state index is 0.222. The smallest absolute Gasteiger partial charge is 0.345 e. The molecule has 2 aromatic rings. The van der Waals surface area contributed by atoms with Crippen molar-refractivity contribution in [3.63, 3.8) is 0 Å². The average molecular weight is 237 g/mol. The molecule has 0 fully saturated rings. The maximum atomic E-state index is 10.9. The Balaban J connectivity index is 2.94. The first-order valence-corrected chi connectivity index (χ1v) is 4.99. The average Bonchev–Trinajstić information content (AvgIpc) is 2.55. The number of hydrogen-bond donors (Lipinski definition) is 3. The Bertz CT molecular complexity index is 618. The van der Waals surface area contributed by atoms with Crippen molar-refractivity contribution in [2.75, 3.05) is 0 Å². The summed E-state index contributed by atoms with van der Waals surface area (Å²) in [5.41, 5.74) is 0.434. The third kappa shape index (κ3) is 1.47. The molecule has 0 saturated carbocycles. The van der Waals surface area contributed by atoms with Crippen LogP contribution in [0, 0.1) is 6.92 Å². The number of aromatic hydroxyl groups is 2. The molecule has 0 saturated heterocycles. The maximum absolute atomic E-state index is 10.9. The van der Waals surface area contributed by atoms with Crippen LogP contribution in [0.3, 0.4) is 0 Å². The second-order valence-corrected chi connectivity index (χ2v) is 3.56. The molecule has 0 unspecified atom stereocenters. The van der Waals surface area contributed by atoms with E-state index in [-0.39, 0.29) is 5.52 Å². The number of aromatic nitrogens is 3. The lowest BCUT2D eigenvalue weighted by Gasteiger charge is -2.05. The van der Waals surface area contributed by atoms with Crippen molar-refractivity contribution in [1.82, 2.24) is 14.8 Å². The summed E-state index contributed by atoms with van der Waals surface area (Å²) in [6, 6.07) is 0. The molecule has 2 rings (SSSR count). The van der Waals surface area contributed by atoms with Crippen molar-refractivity contribution < 1.29 is 20.1 Å². The number of carbonyl (C=O) groups is 1. The normalized spacial score (nSPS) is 10.9. The molecule has 0 aliphatic carbocycles. The van der Waals surface area contributed by atoms with Gasteiger partial charge in [0.25, 0.3) is 0 Å². The zero-order chi connectivity index (χ0) is 12.7. The van der Waals surface area contributed by atoms with E-state index in [4.69, 9.17) is 5.11 Å². The van der Waals surface area contributed by atoms with Crippen LogP contribution in [-0.4, -0.2) is 36.1 Å². The summed E-state index contributed by atoms with van der Waals surface area (Å²) in [6.07, 6.45) is 0. The molecule has 0 aliphatic rings. The number of carboxylic acid groups (broad SMARTS) is 1. The summed E-state index contributed by atoms with van der Waals surface area (Å²) < 4.78 is 1.44. The highest BCUT2D eigenvalue weighted by Gasteiger charge is 2.24. The lowest BCUT2D eigenvalue weighted by atomic mass is 10.2. The van der Waals surface area contributed by atoms with Crippen LogP contribution in [0.25, 0.3) is 11.0 Å². The Morgan fingerprint density at radius 1 is 1.41 bits per heavy atom. The van der Waals surface area contributed by atoms with Crippen LogP contribution >= 0.6 is 0 Å². The van der Waals surface area contributed by atoms with Crippen LogP contribution in [-0.2, 0) is 6.54 Å². The number of pyridine rings is 1. The molecule has 0 aliphatic heterocycles. The number of fused-ring (bicyclic) bond motifs is 1. The van der Waals surface area contributed by atoms with Gasteiger partial charge in [-0.15, -0.1) is 0 Å². The van der Waals surface area contributed by atoms with E-state index in [1.54, 1.807) is 13.8 Å². The first kappa shape index (κ1) is 11.2. The van der Waals surface area contributed by atoms with Crippen molar-refractivity contribution in [2.45, 2.75) is 20.4 Å². The lowest BCUT2D eigenvalue weighted by Crippen LogP contribution is -2.02. The summed E-state index contributed by atoms with van der Waals surface area (Å²) in [4.78, 5) is 14.7. The molecular formula is C10H11N3O4. The van der Waals surface area contributed by atoms with Gasteiger partial charge in [0.1, 0.15) is 11.0 Å². The minimum Gasteiger partial charge on any atom is -0.505 e. The zero-order valence-electron chi connectivity index (χ0n) is 9.30. The molecular weight excluding hydrogens is 226 g/mol. The molecule has 0 spiro atoms. The van der Waals surface area contributed by atoms with Gasteiger partial charge < -0.3 is 15.3 Å². The predicted octanol–water partition coefficient (Wildman–Crippen LogP) is 0.869. The second-order valence-electron chi connectivity index (χ2n) is 3.56. The topological polar surface area (TPSA) is 108 Å². The van der Waals surface area contributed by atoms with E-state index in [1.165, 1.54) is 4.68 Å². The van der Waals surface area contributed by atoms with Crippen LogP contribution < -0.4 is 0 Å². The molecule has 90 valence electrons. The first-order valence-electron chi connectivity index (χ1n) is 4.99. The van der Waals surface area contributed by atoms with Crippen molar-refractivity contribution in [2.24, 2.45) is 0 Å². The van der Waals surface area contributed by atoms with Gasteiger partial charge >= 0.3 is 5.97 Å². The fourth-order valence-electron chi connectivity index (χ4n) is 1.75. The number of nitrogens with zero attached hydrogens (tertiary/aromatic N) is 3. The number of aryl methyl sites for hydroxylation is 2. The Labute approximate surface area is 95.9 Å². The summed E-state index contributed by atoms with van der Waals surface area (Å²) in [5, 5.41) is 32.3. The van der Waals surface area contributed by atoms with Gasteiger partial charge in [0.05, 0.1) is 5.69 Å². The van der Waals surface area contributed by atoms with Gasteiger partial charge in [0, 0.05) is 6.54 Å². The van der Waals surface area contributed by atoms with Gasteiger partial charge in [-0.3, -0.25) is 4.68 Å². The zero-order valence-corrected chi connectivity index (χ0v) is 9.30. The maximum Gasteiger partial charge on any atom is 0.345 e. The summed E-state index contributed by atoms with van der Waals surface area (Å²) in [5.74, 6) is -2.65. The highest BCUT2D eigenvalue weighted by atomic mass is 16.4. The van der Waals surface area contributed by atoms with E-state index < -0.39 is 23.2 Å². The van der Waals surface area contributed by atoms with Gasteiger partial charge in [-0.2, -0.15) is 5.10 Å². The molecule has 0 aromatic carbocycles. The summed E-state index contributed by atoms with van der Waals surface area (Å²) in [7, 11) is 0. The molecule has 2 heterocycles. The quantitative estimate of drug-likeness (QED) is 0.715. The lowest BCUT2D eigenvalue weighted by molar-refractivity contribution is 0.0690. The van der Waals surface area contributed by atoms with Crippen LogP contribution in [0.1, 0.15) is 23.0 Å². The largest absolute Gasteiger partial charge is 0.505 e. The Morgan fingerprint density at radius 3 is 2.59 bits per heavy atom. The van der Waals surface area contributed by atoms with Gasteiger partial charge in [0.2, 0.25) is 5.88 Å². The first-order chi connectivity index (χ1) is 7.97. The molecule has 7 nitrogen and oxygen atoms in total. The van der Waals surface area contributed by atoms with Gasteiger partial charge in [0.15, 0.2) is 11.3 Å². The number of hydrogen-bond acceptors (Lipinski definition) is 5. The van der Waals surface area contributed by atoms with E-state index in [2.05, 4.69) is 10.1 Å². The molecule has 0 amide bonds. The molecule has 7 heteroatoms.